The topological polar surface area (TPSA) is 238 Å². The van der Waals surface area contributed by atoms with Gasteiger partial charge in [-0.3, -0.25) is 33.9 Å². The third-order valence-electron chi connectivity index (χ3n) is 13.0. The first kappa shape index (κ1) is 49.6. The van der Waals surface area contributed by atoms with Crippen molar-refractivity contribution in [1.29, 1.82) is 0 Å². The van der Waals surface area contributed by atoms with E-state index in [2.05, 4.69) is 40.4 Å². The molecule has 1 unspecified atom stereocenters. The largest absolute Gasteiger partial charge is 0.457 e. The van der Waals surface area contributed by atoms with Gasteiger partial charge >= 0.3 is 0 Å². The van der Waals surface area contributed by atoms with Gasteiger partial charge in [0, 0.05) is 63.5 Å². The molecule has 20 heteroatoms. The van der Waals surface area contributed by atoms with Crippen LogP contribution in [0.1, 0.15) is 65.3 Å². The number of fused-ring (bicyclic) bond motifs is 2. The SMILES string of the molecule is CNC(=O)CCC(C=O)N1C(=O)c2cccc(NCC(=O)NCOCCOCCOCCN3CCN(C4CCC(n5nc(-c6ccc(Oc7ccccc7)cc6)c6c(N)ncnc65)CC4)CC3)c2C1=O. The number of piperazine rings is 1. The lowest BCUT2D eigenvalue weighted by atomic mass is 9.90. The molecule has 1 saturated heterocycles. The van der Waals surface area contributed by atoms with Crippen LogP contribution in [0.25, 0.3) is 22.3 Å². The van der Waals surface area contributed by atoms with E-state index in [9.17, 15) is 24.0 Å². The molecule has 5 aromatic rings. The summed E-state index contributed by atoms with van der Waals surface area (Å²) < 4.78 is 25.0. The number of ether oxygens (including phenoxy) is 4. The van der Waals surface area contributed by atoms with Gasteiger partial charge in [0.15, 0.2) is 5.65 Å². The first-order valence-electron chi connectivity index (χ1n) is 23.9. The molecular formula is C50H61N11O9. The molecule has 3 aliphatic rings. The van der Waals surface area contributed by atoms with Gasteiger partial charge in [0.25, 0.3) is 11.8 Å². The van der Waals surface area contributed by atoms with Crippen LogP contribution in [0.3, 0.4) is 0 Å². The summed E-state index contributed by atoms with van der Waals surface area (Å²) in [6.45, 7) is 6.80. The zero-order chi connectivity index (χ0) is 48.8. The molecule has 5 N–H and O–H groups in total. The number of hydrogen-bond donors (Lipinski definition) is 4. The van der Waals surface area contributed by atoms with Gasteiger partial charge in [-0.15, -0.1) is 0 Å². The number of aldehydes is 1. The minimum absolute atomic E-state index is 0.00308. The second-order valence-electron chi connectivity index (χ2n) is 17.4. The highest BCUT2D eigenvalue weighted by Gasteiger charge is 2.41. The van der Waals surface area contributed by atoms with E-state index >= 15 is 0 Å². The van der Waals surface area contributed by atoms with Crippen LogP contribution >= 0.6 is 0 Å². The van der Waals surface area contributed by atoms with E-state index in [0.29, 0.717) is 44.6 Å². The standard InChI is InChI=1S/C50H61N11O9/c1-52-42(63)19-16-37(31-62)60-49(65)40-8-5-9-41(44(40)50(60)66)53-30-43(64)56-33-69-29-28-68-27-26-67-25-24-58-20-22-59(23-21-58)35-12-14-36(15-13-35)61-48-45(47(51)54-32-55-48)46(57-61)34-10-17-39(18-11-34)70-38-6-3-2-4-7-38/h2-11,17-18,31-32,35-37,53H,12-16,19-30,33H2,1H3,(H,52,63)(H,56,64)(H2,51,54,55). The lowest BCUT2D eigenvalue weighted by Crippen LogP contribution is -2.51. The fraction of sp³-hybridized carbons (Fsp3) is 0.440. The second kappa shape index (κ2) is 24.1. The molecule has 1 saturated carbocycles. The summed E-state index contributed by atoms with van der Waals surface area (Å²) >= 11 is 0. The van der Waals surface area contributed by atoms with Crippen LogP contribution in [0.2, 0.25) is 0 Å². The van der Waals surface area contributed by atoms with Crippen molar-refractivity contribution in [2.45, 2.75) is 56.7 Å². The van der Waals surface area contributed by atoms with Gasteiger partial charge in [0.1, 0.15) is 42.4 Å². The average Bonchev–Trinajstić information content (AvgIpc) is 3.91. The van der Waals surface area contributed by atoms with Crippen LogP contribution in [0.5, 0.6) is 11.5 Å². The molecule has 2 fully saturated rings. The highest BCUT2D eigenvalue weighted by molar-refractivity contribution is 6.24. The summed E-state index contributed by atoms with van der Waals surface area (Å²) in [5.41, 5.74) is 9.39. The number of benzene rings is 3. The fourth-order valence-corrected chi connectivity index (χ4v) is 9.27. The molecule has 4 amide bonds. The molecular weight excluding hydrogens is 899 g/mol. The van der Waals surface area contributed by atoms with Crippen molar-refractivity contribution in [3.05, 3.63) is 90.3 Å². The molecule has 3 aromatic carbocycles. The van der Waals surface area contributed by atoms with Gasteiger partial charge in [-0.05, 0) is 80.6 Å². The Kier molecular flexibility index (Phi) is 17.1. The fourth-order valence-electron chi connectivity index (χ4n) is 9.27. The zero-order valence-electron chi connectivity index (χ0n) is 39.4. The van der Waals surface area contributed by atoms with E-state index in [1.165, 1.54) is 19.4 Å². The van der Waals surface area contributed by atoms with Crippen molar-refractivity contribution in [3.8, 4) is 22.8 Å². The van der Waals surface area contributed by atoms with E-state index in [4.69, 9.17) is 29.8 Å². The Hall–Kier alpha value is -6.84. The highest BCUT2D eigenvalue weighted by atomic mass is 16.5. The number of para-hydroxylation sites is 1. The lowest BCUT2D eigenvalue weighted by molar-refractivity contribution is -0.122. The smallest absolute Gasteiger partial charge is 0.264 e. The van der Waals surface area contributed by atoms with Crippen LogP contribution in [-0.2, 0) is 28.6 Å². The number of nitrogens with zero attached hydrogens (tertiary/aromatic N) is 7. The Balaban J connectivity index is 0.666. The third-order valence-corrected chi connectivity index (χ3v) is 13.0. The van der Waals surface area contributed by atoms with Crippen LogP contribution in [0.4, 0.5) is 11.5 Å². The number of hydrogen-bond acceptors (Lipinski definition) is 16. The molecule has 1 aliphatic carbocycles. The van der Waals surface area contributed by atoms with E-state index in [0.717, 1.165) is 97.1 Å². The summed E-state index contributed by atoms with van der Waals surface area (Å²) in [6, 6.07) is 21.9. The molecule has 1 atom stereocenters. The number of imide groups is 1. The third kappa shape index (κ3) is 12.1. The summed E-state index contributed by atoms with van der Waals surface area (Å²) in [5.74, 6) is -0.0608. The normalized spacial score (nSPS) is 17.9. The molecule has 0 spiro atoms. The van der Waals surface area contributed by atoms with E-state index in [-0.39, 0.29) is 61.5 Å². The molecule has 0 radical (unpaired) electrons. The monoisotopic (exact) mass is 959 g/mol. The second-order valence-corrected chi connectivity index (χ2v) is 17.4. The quantitative estimate of drug-likeness (QED) is 0.0297. The van der Waals surface area contributed by atoms with Gasteiger partial charge < -0.3 is 45.4 Å². The number of nitrogens with one attached hydrogen (secondary N) is 3. The van der Waals surface area contributed by atoms with Crippen LogP contribution < -0.4 is 26.4 Å². The number of nitrogen functional groups attached to an aromatic ring is 1. The maximum absolute atomic E-state index is 13.3. The molecule has 8 rings (SSSR count). The van der Waals surface area contributed by atoms with Gasteiger partial charge in [-0.25, -0.2) is 14.6 Å². The number of aromatic nitrogens is 4. The Labute approximate surface area is 406 Å². The zero-order valence-corrected chi connectivity index (χ0v) is 39.4. The lowest BCUT2D eigenvalue weighted by Gasteiger charge is -2.42. The van der Waals surface area contributed by atoms with Crippen LogP contribution in [0.15, 0.2) is 79.1 Å². The molecule has 370 valence electrons. The van der Waals surface area contributed by atoms with Crippen molar-refractivity contribution < 1.29 is 42.9 Å². The first-order chi connectivity index (χ1) is 34.2. The van der Waals surface area contributed by atoms with E-state index < -0.39 is 23.8 Å². The summed E-state index contributed by atoms with van der Waals surface area (Å²) in [7, 11) is 1.46. The first-order valence-corrected chi connectivity index (χ1v) is 23.9. The van der Waals surface area contributed by atoms with Gasteiger partial charge in [0.05, 0.1) is 68.2 Å². The van der Waals surface area contributed by atoms with Gasteiger partial charge in [-0.2, -0.15) is 5.10 Å². The van der Waals surface area contributed by atoms with Crippen LogP contribution in [0, 0.1) is 0 Å². The van der Waals surface area contributed by atoms with Crippen molar-refractivity contribution in [2.24, 2.45) is 0 Å². The maximum atomic E-state index is 13.3. The Morgan fingerprint density at radius 3 is 2.23 bits per heavy atom. The predicted octanol–water partition coefficient (Wildman–Crippen LogP) is 3.89. The number of rotatable bonds is 24. The van der Waals surface area contributed by atoms with Crippen molar-refractivity contribution in [2.75, 3.05) is 97.1 Å². The van der Waals surface area contributed by atoms with Crippen LogP contribution in [-0.4, -0.2) is 163 Å². The molecule has 2 aliphatic heterocycles. The Morgan fingerprint density at radius 2 is 1.50 bits per heavy atom. The average molecular weight is 960 g/mol. The Morgan fingerprint density at radius 1 is 0.800 bits per heavy atom. The molecule has 2 aromatic heterocycles. The van der Waals surface area contributed by atoms with Gasteiger partial charge in [0.2, 0.25) is 11.8 Å². The molecule has 4 heterocycles. The minimum Gasteiger partial charge on any atom is -0.457 e. The summed E-state index contributed by atoms with van der Waals surface area (Å²) in [5, 5.41) is 13.9. The number of amides is 4. The number of anilines is 2. The van der Waals surface area contributed by atoms with E-state index in [1.54, 1.807) is 12.1 Å². The molecule has 20 nitrogen and oxygen atoms in total. The Bertz CT molecular complexity index is 2580. The number of carbonyl (C=O) groups is 5. The van der Waals surface area contributed by atoms with E-state index in [1.807, 2.05) is 54.6 Å². The molecule has 70 heavy (non-hydrogen) atoms. The predicted molar refractivity (Wildman–Crippen MR) is 260 cm³/mol. The van der Waals surface area contributed by atoms with Crippen molar-refractivity contribution in [1.82, 2.24) is 45.1 Å². The van der Waals surface area contributed by atoms with Gasteiger partial charge in [-0.1, -0.05) is 24.3 Å². The van der Waals surface area contributed by atoms with Crippen molar-refractivity contribution in [3.63, 3.8) is 0 Å². The summed E-state index contributed by atoms with van der Waals surface area (Å²) in [4.78, 5) is 77.2. The minimum atomic E-state index is -1.10. The maximum Gasteiger partial charge on any atom is 0.264 e. The molecule has 0 bridgehead atoms. The summed E-state index contributed by atoms with van der Waals surface area (Å²) in [6.07, 6.45) is 6.18. The number of carbonyl (C=O) groups excluding carboxylic acids is 5. The number of nitrogens with two attached hydrogens (primary N) is 1. The highest BCUT2D eigenvalue weighted by Crippen LogP contribution is 2.38. The van der Waals surface area contributed by atoms with Crippen molar-refractivity contribution >= 4 is 52.5 Å².